The van der Waals surface area contributed by atoms with Gasteiger partial charge in [0.15, 0.2) is 10.7 Å². The molecule has 4 rings (SSSR count). The van der Waals surface area contributed by atoms with Gasteiger partial charge >= 0.3 is 0 Å². The van der Waals surface area contributed by atoms with Crippen LogP contribution in [0.5, 0.6) is 0 Å². The van der Waals surface area contributed by atoms with Crippen LogP contribution in [0.3, 0.4) is 0 Å². The number of rotatable bonds is 3. The zero-order valence-corrected chi connectivity index (χ0v) is 16.8. The molecule has 1 heterocycles. The highest BCUT2D eigenvalue weighted by Crippen LogP contribution is 2.28. The van der Waals surface area contributed by atoms with Crippen molar-refractivity contribution in [2.75, 3.05) is 5.32 Å². The molecular weight excluding hydrogens is 382 g/mol. The smallest absolute Gasteiger partial charge is 0.257 e. The average molecular weight is 401 g/mol. The fraction of sp³-hybridized carbons (Fsp3) is 0.0870. The molecule has 0 atom stereocenters. The SMILES string of the molecule is Cc1cc(C)c2oc(-c3cccc(NC(=S)NC(=O)c4ccccc4)c3)nc2c1. The van der Waals surface area contributed by atoms with Gasteiger partial charge in [-0.3, -0.25) is 10.1 Å². The molecule has 4 aromatic rings. The molecule has 5 nitrogen and oxygen atoms in total. The Labute approximate surface area is 173 Å². The Morgan fingerprint density at radius 3 is 2.59 bits per heavy atom. The van der Waals surface area contributed by atoms with Crippen LogP contribution in [-0.4, -0.2) is 16.0 Å². The molecular formula is C23H19N3O2S. The fourth-order valence-electron chi connectivity index (χ4n) is 3.16. The number of nitrogens with one attached hydrogen (secondary N) is 2. The molecule has 6 heteroatoms. The van der Waals surface area contributed by atoms with Crippen molar-refractivity contribution in [3.05, 3.63) is 83.4 Å². The summed E-state index contributed by atoms with van der Waals surface area (Å²) in [6.45, 7) is 4.05. The molecule has 1 aromatic heterocycles. The lowest BCUT2D eigenvalue weighted by molar-refractivity contribution is 0.0977. The first-order valence-electron chi connectivity index (χ1n) is 9.15. The van der Waals surface area contributed by atoms with Crippen molar-refractivity contribution in [1.29, 1.82) is 0 Å². The molecule has 0 aliphatic rings. The number of carbonyl (C=O) groups excluding carboxylic acids is 1. The van der Waals surface area contributed by atoms with E-state index in [0.717, 1.165) is 33.5 Å². The van der Waals surface area contributed by atoms with E-state index in [1.807, 2.05) is 50.2 Å². The maximum atomic E-state index is 12.2. The quantitative estimate of drug-likeness (QED) is 0.460. The lowest BCUT2D eigenvalue weighted by atomic mass is 10.1. The number of anilines is 1. The second-order valence-corrected chi connectivity index (χ2v) is 7.21. The third-order valence-electron chi connectivity index (χ3n) is 4.45. The number of nitrogens with zero attached hydrogens (tertiary/aromatic N) is 1. The second kappa shape index (κ2) is 7.85. The van der Waals surface area contributed by atoms with E-state index in [4.69, 9.17) is 16.6 Å². The van der Waals surface area contributed by atoms with Crippen LogP contribution in [0.2, 0.25) is 0 Å². The minimum absolute atomic E-state index is 0.222. The summed E-state index contributed by atoms with van der Waals surface area (Å²) in [7, 11) is 0. The molecule has 1 amide bonds. The van der Waals surface area contributed by atoms with E-state index in [1.54, 1.807) is 24.3 Å². The maximum absolute atomic E-state index is 12.2. The van der Waals surface area contributed by atoms with Gasteiger partial charge in [0.05, 0.1) is 0 Å². The summed E-state index contributed by atoms with van der Waals surface area (Å²) < 4.78 is 5.98. The monoisotopic (exact) mass is 401 g/mol. The number of aromatic nitrogens is 1. The third kappa shape index (κ3) is 4.17. The summed E-state index contributed by atoms with van der Waals surface area (Å²) in [4.78, 5) is 16.8. The van der Waals surface area contributed by atoms with E-state index >= 15 is 0 Å². The van der Waals surface area contributed by atoms with Crippen LogP contribution in [0, 0.1) is 13.8 Å². The summed E-state index contributed by atoms with van der Waals surface area (Å²) in [6, 6.07) is 20.6. The molecule has 0 saturated heterocycles. The first-order valence-corrected chi connectivity index (χ1v) is 9.56. The average Bonchev–Trinajstić information content (AvgIpc) is 3.13. The molecule has 0 spiro atoms. The molecule has 0 bridgehead atoms. The minimum Gasteiger partial charge on any atom is -0.436 e. The molecule has 0 radical (unpaired) electrons. The summed E-state index contributed by atoms with van der Waals surface area (Å²) in [6.07, 6.45) is 0. The van der Waals surface area contributed by atoms with E-state index in [9.17, 15) is 4.79 Å². The molecule has 0 unspecified atom stereocenters. The van der Waals surface area contributed by atoms with Crippen LogP contribution in [0.25, 0.3) is 22.6 Å². The first-order chi connectivity index (χ1) is 14.0. The Kier molecular flexibility index (Phi) is 5.10. The Morgan fingerprint density at radius 1 is 1.00 bits per heavy atom. The van der Waals surface area contributed by atoms with E-state index in [-0.39, 0.29) is 11.0 Å². The number of amides is 1. The van der Waals surface area contributed by atoms with Crippen LogP contribution < -0.4 is 10.6 Å². The van der Waals surface area contributed by atoms with Crippen molar-refractivity contribution in [1.82, 2.24) is 10.3 Å². The van der Waals surface area contributed by atoms with Crippen LogP contribution >= 0.6 is 12.2 Å². The Balaban J connectivity index is 1.52. The highest BCUT2D eigenvalue weighted by Gasteiger charge is 2.12. The minimum atomic E-state index is -0.260. The van der Waals surface area contributed by atoms with Gasteiger partial charge in [-0.05, 0) is 73.6 Å². The van der Waals surface area contributed by atoms with E-state index < -0.39 is 0 Å². The summed E-state index contributed by atoms with van der Waals surface area (Å²) in [5.41, 5.74) is 5.91. The van der Waals surface area contributed by atoms with Crippen molar-refractivity contribution in [3.8, 4) is 11.5 Å². The molecule has 144 valence electrons. The fourth-order valence-corrected chi connectivity index (χ4v) is 3.37. The molecule has 2 N–H and O–H groups in total. The van der Waals surface area contributed by atoms with Gasteiger partial charge in [0.25, 0.3) is 5.91 Å². The highest BCUT2D eigenvalue weighted by atomic mass is 32.1. The predicted molar refractivity (Wildman–Crippen MR) is 119 cm³/mol. The van der Waals surface area contributed by atoms with E-state index in [0.29, 0.717) is 11.5 Å². The van der Waals surface area contributed by atoms with Crippen molar-refractivity contribution in [2.45, 2.75) is 13.8 Å². The van der Waals surface area contributed by atoms with Gasteiger partial charge in [0, 0.05) is 16.8 Å². The van der Waals surface area contributed by atoms with Crippen LogP contribution in [0.15, 0.2) is 71.1 Å². The zero-order valence-electron chi connectivity index (χ0n) is 16.0. The number of carbonyl (C=O) groups is 1. The van der Waals surface area contributed by atoms with Crippen molar-refractivity contribution in [3.63, 3.8) is 0 Å². The van der Waals surface area contributed by atoms with E-state index in [2.05, 4.69) is 21.7 Å². The molecule has 0 aliphatic carbocycles. The van der Waals surface area contributed by atoms with Gasteiger partial charge in [0.2, 0.25) is 5.89 Å². The van der Waals surface area contributed by atoms with Gasteiger partial charge in [-0.2, -0.15) is 0 Å². The summed E-state index contributed by atoms with van der Waals surface area (Å²) in [5, 5.41) is 5.94. The molecule has 0 aliphatic heterocycles. The molecule has 0 saturated carbocycles. The van der Waals surface area contributed by atoms with Gasteiger partial charge in [0.1, 0.15) is 5.52 Å². The summed E-state index contributed by atoms with van der Waals surface area (Å²) in [5.74, 6) is 0.278. The van der Waals surface area contributed by atoms with Gasteiger partial charge in [-0.15, -0.1) is 0 Å². The lowest BCUT2D eigenvalue weighted by Gasteiger charge is -2.10. The number of fused-ring (bicyclic) bond motifs is 1. The standard InChI is InChI=1S/C23H19N3O2S/c1-14-11-15(2)20-19(12-14)25-22(28-20)17-9-6-10-18(13-17)24-23(29)26-21(27)16-7-4-3-5-8-16/h3-13H,1-2H3,(H2,24,26,27,29). The van der Waals surface area contributed by atoms with Crippen molar-refractivity contribution < 1.29 is 9.21 Å². The summed E-state index contributed by atoms with van der Waals surface area (Å²) >= 11 is 5.27. The second-order valence-electron chi connectivity index (χ2n) is 6.80. The first kappa shape index (κ1) is 18.8. The van der Waals surface area contributed by atoms with E-state index in [1.165, 1.54) is 0 Å². The molecule has 29 heavy (non-hydrogen) atoms. The zero-order chi connectivity index (χ0) is 20.4. The topological polar surface area (TPSA) is 67.2 Å². The van der Waals surface area contributed by atoms with Gasteiger partial charge in [-0.1, -0.05) is 30.3 Å². The lowest BCUT2D eigenvalue weighted by Crippen LogP contribution is -2.34. The molecule has 3 aromatic carbocycles. The normalized spacial score (nSPS) is 10.7. The highest BCUT2D eigenvalue weighted by molar-refractivity contribution is 7.80. The van der Waals surface area contributed by atoms with Crippen molar-refractivity contribution in [2.24, 2.45) is 0 Å². The number of hydrogen-bond acceptors (Lipinski definition) is 4. The number of oxazole rings is 1. The Morgan fingerprint density at radius 2 is 1.79 bits per heavy atom. The molecule has 0 fully saturated rings. The van der Waals surface area contributed by atoms with Crippen LogP contribution in [0.4, 0.5) is 5.69 Å². The number of benzene rings is 3. The van der Waals surface area contributed by atoms with Crippen LogP contribution in [0.1, 0.15) is 21.5 Å². The predicted octanol–water partition coefficient (Wildman–Crippen LogP) is 5.24. The number of aryl methyl sites for hydroxylation is 2. The van der Waals surface area contributed by atoms with Crippen molar-refractivity contribution >= 4 is 40.0 Å². The largest absolute Gasteiger partial charge is 0.436 e. The third-order valence-corrected chi connectivity index (χ3v) is 4.65. The Bertz CT molecular complexity index is 1220. The Hall–Kier alpha value is -3.51. The number of hydrogen-bond donors (Lipinski definition) is 2. The van der Waals surface area contributed by atoms with Gasteiger partial charge in [-0.25, -0.2) is 4.98 Å². The van der Waals surface area contributed by atoms with Crippen LogP contribution in [-0.2, 0) is 0 Å². The number of thiocarbonyl (C=S) groups is 1. The maximum Gasteiger partial charge on any atom is 0.257 e. The van der Waals surface area contributed by atoms with Gasteiger partial charge < -0.3 is 9.73 Å².